The van der Waals surface area contributed by atoms with Gasteiger partial charge in [0.15, 0.2) is 0 Å². The summed E-state index contributed by atoms with van der Waals surface area (Å²) in [4.78, 5) is 14.5. The van der Waals surface area contributed by atoms with Crippen LogP contribution in [0.1, 0.15) is 11.6 Å². The van der Waals surface area contributed by atoms with E-state index in [1.165, 1.54) is 0 Å². The van der Waals surface area contributed by atoms with Crippen molar-refractivity contribution in [2.75, 3.05) is 26.0 Å². The van der Waals surface area contributed by atoms with E-state index in [-0.39, 0.29) is 12.1 Å². The smallest absolute Gasteiger partial charge is 0.319 e. The maximum absolute atomic E-state index is 12.5. The van der Waals surface area contributed by atoms with Crippen LogP contribution in [0.5, 0.6) is 0 Å². The summed E-state index contributed by atoms with van der Waals surface area (Å²) in [5, 5.41) is 8.27. The number of rotatable bonds is 5. The van der Waals surface area contributed by atoms with Crippen molar-refractivity contribution in [2.24, 2.45) is 0 Å². The molecule has 1 atom stereocenters. The van der Waals surface area contributed by atoms with Gasteiger partial charge < -0.3 is 15.5 Å². The molecule has 2 N–H and O–H groups in total. The Balaban J connectivity index is 1.72. The number of amides is 2. The zero-order chi connectivity index (χ0) is 17.6. The topological polar surface area (TPSA) is 44.4 Å². The predicted molar refractivity (Wildman–Crippen MR) is 104 cm³/mol. The summed E-state index contributed by atoms with van der Waals surface area (Å²) in [6.45, 7) is 0.731. The van der Waals surface area contributed by atoms with Crippen molar-refractivity contribution in [1.29, 1.82) is 0 Å². The maximum atomic E-state index is 12.5. The SMILES string of the molecule is CN(C)CC(NC(=O)Nc1ccc2ccccc2c1)c1ccccc1. The second-order valence-electron chi connectivity index (χ2n) is 6.39. The Hall–Kier alpha value is -2.85. The van der Waals surface area contributed by atoms with E-state index in [0.29, 0.717) is 0 Å². The van der Waals surface area contributed by atoms with Gasteiger partial charge >= 0.3 is 6.03 Å². The molecule has 1 unspecified atom stereocenters. The van der Waals surface area contributed by atoms with Crippen molar-refractivity contribution < 1.29 is 4.79 Å². The van der Waals surface area contributed by atoms with Gasteiger partial charge in [0, 0.05) is 12.2 Å². The Morgan fingerprint density at radius 1 is 0.920 bits per heavy atom. The quantitative estimate of drug-likeness (QED) is 0.732. The summed E-state index contributed by atoms with van der Waals surface area (Å²) < 4.78 is 0. The lowest BCUT2D eigenvalue weighted by molar-refractivity contribution is 0.244. The van der Waals surface area contributed by atoms with E-state index in [9.17, 15) is 4.79 Å². The standard InChI is InChI=1S/C21H23N3O/c1-24(2)15-20(17-9-4-3-5-10-17)23-21(25)22-19-13-12-16-8-6-7-11-18(16)14-19/h3-14,20H,15H2,1-2H3,(H2,22,23,25). The number of urea groups is 1. The molecule has 0 saturated carbocycles. The average molecular weight is 333 g/mol. The van der Waals surface area contributed by atoms with Gasteiger partial charge in [-0.3, -0.25) is 0 Å². The van der Waals surface area contributed by atoms with Gasteiger partial charge in [0.2, 0.25) is 0 Å². The zero-order valence-electron chi connectivity index (χ0n) is 14.6. The first-order chi connectivity index (χ1) is 12.1. The van der Waals surface area contributed by atoms with E-state index in [1.54, 1.807) is 0 Å². The van der Waals surface area contributed by atoms with Crippen LogP contribution in [-0.2, 0) is 0 Å². The van der Waals surface area contributed by atoms with Crippen LogP contribution in [0.2, 0.25) is 0 Å². The number of benzene rings is 3. The summed E-state index contributed by atoms with van der Waals surface area (Å²) in [6.07, 6.45) is 0. The van der Waals surface area contributed by atoms with Crippen LogP contribution < -0.4 is 10.6 Å². The van der Waals surface area contributed by atoms with Crippen LogP contribution in [0, 0.1) is 0 Å². The fraction of sp³-hybridized carbons (Fsp3) is 0.190. The zero-order valence-corrected chi connectivity index (χ0v) is 14.6. The Morgan fingerprint density at radius 3 is 2.32 bits per heavy atom. The van der Waals surface area contributed by atoms with Crippen molar-refractivity contribution in [2.45, 2.75) is 6.04 Å². The molecule has 3 aromatic rings. The van der Waals surface area contributed by atoms with E-state index < -0.39 is 0 Å². The van der Waals surface area contributed by atoms with E-state index in [0.717, 1.165) is 28.6 Å². The number of carbonyl (C=O) groups excluding carboxylic acids is 1. The molecule has 0 heterocycles. The molecule has 0 aliphatic rings. The lowest BCUT2D eigenvalue weighted by Gasteiger charge is -2.23. The van der Waals surface area contributed by atoms with Crippen LogP contribution >= 0.6 is 0 Å². The third kappa shape index (κ3) is 4.58. The van der Waals surface area contributed by atoms with Crippen LogP contribution in [0.15, 0.2) is 72.8 Å². The van der Waals surface area contributed by atoms with E-state index in [4.69, 9.17) is 0 Å². The number of nitrogens with zero attached hydrogens (tertiary/aromatic N) is 1. The number of likely N-dealkylation sites (N-methyl/N-ethyl adjacent to an activating group) is 1. The predicted octanol–water partition coefficient (Wildman–Crippen LogP) is 4.26. The first-order valence-electron chi connectivity index (χ1n) is 8.38. The lowest BCUT2D eigenvalue weighted by Crippen LogP contribution is -2.37. The summed E-state index contributed by atoms with van der Waals surface area (Å²) >= 11 is 0. The highest BCUT2D eigenvalue weighted by Crippen LogP contribution is 2.19. The highest BCUT2D eigenvalue weighted by atomic mass is 16.2. The molecule has 0 aliphatic carbocycles. The molecule has 0 radical (unpaired) electrons. The number of carbonyl (C=O) groups is 1. The minimum atomic E-state index is -0.203. The largest absolute Gasteiger partial charge is 0.330 e. The lowest BCUT2D eigenvalue weighted by atomic mass is 10.1. The molecule has 3 rings (SSSR count). The van der Waals surface area contributed by atoms with Crippen LogP contribution in [0.4, 0.5) is 10.5 Å². The van der Waals surface area contributed by atoms with Crippen molar-refractivity contribution in [3.8, 4) is 0 Å². The molecular formula is C21H23N3O. The van der Waals surface area contributed by atoms with Crippen molar-refractivity contribution in [3.63, 3.8) is 0 Å². The van der Waals surface area contributed by atoms with Gasteiger partial charge in [0.05, 0.1) is 6.04 Å². The van der Waals surface area contributed by atoms with Crippen LogP contribution in [0.25, 0.3) is 10.8 Å². The van der Waals surface area contributed by atoms with E-state index in [1.807, 2.05) is 80.8 Å². The van der Waals surface area contributed by atoms with Crippen molar-refractivity contribution >= 4 is 22.5 Å². The first kappa shape index (κ1) is 17.0. The van der Waals surface area contributed by atoms with Gasteiger partial charge in [-0.2, -0.15) is 0 Å². The van der Waals surface area contributed by atoms with Crippen molar-refractivity contribution in [1.82, 2.24) is 10.2 Å². The number of nitrogens with one attached hydrogen (secondary N) is 2. The number of hydrogen-bond donors (Lipinski definition) is 2. The normalized spacial score (nSPS) is 12.1. The molecule has 4 heteroatoms. The third-order valence-electron chi connectivity index (χ3n) is 4.06. The van der Waals surface area contributed by atoms with E-state index >= 15 is 0 Å². The fourth-order valence-corrected chi connectivity index (χ4v) is 2.88. The Morgan fingerprint density at radius 2 is 1.60 bits per heavy atom. The minimum absolute atomic E-state index is 0.0725. The molecule has 0 aromatic heterocycles. The Kier molecular flexibility index (Phi) is 5.31. The van der Waals surface area contributed by atoms with Crippen molar-refractivity contribution in [3.05, 3.63) is 78.4 Å². The number of fused-ring (bicyclic) bond motifs is 1. The molecule has 25 heavy (non-hydrogen) atoms. The second kappa shape index (κ2) is 7.81. The fourth-order valence-electron chi connectivity index (χ4n) is 2.88. The molecule has 0 bridgehead atoms. The molecule has 4 nitrogen and oxygen atoms in total. The molecular weight excluding hydrogens is 310 g/mol. The molecule has 2 amide bonds. The second-order valence-corrected chi connectivity index (χ2v) is 6.39. The molecule has 0 spiro atoms. The van der Waals surface area contributed by atoms with Gasteiger partial charge in [-0.05, 0) is 42.6 Å². The molecule has 0 saturated heterocycles. The molecule has 0 aliphatic heterocycles. The van der Waals surface area contributed by atoms with Gasteiger partial charge in [-0.25, -0.2) is 4.79 Å². The summed E-state index contributed by atoms with van der Waals surface area (Å²) in [5.74, 6) is 0. The highest BCUT2D eigenvalue weighted by molar-refractivity contribution is 5.93. The van der Waals surface area contributed by atoms with E-state index in [2.05, 4.69) is 21.6 Å². The van der Waals surface area contributed by atoms with Gasteiger partial charge in [0.1, 0.15) is 0 Å². The molecule has 3 aromatic carbocycles. The summed E-state index contributed by atoms with van der Waals surface area (Å²) in [5.41, 5.74) is 1.87. The number of hydrogen-bond acceptors (Lipinski definition) is 2. The van der Waals surface area contributed by atoms with Crippen LogP contribution in [-0.4, -0.2) is 31.6 Å². The molecule has 0 fully saturated rings. The minimum Gasteiger partial charge on any atom is -0.330 e. The van der Waals surface area contributed by atoms with Gasteiger partial charge in [-0.15, -0.1) is 0 Å². The summed E-state index contributed by atoms with van der Waals surface area (Å²) in [6, 6.07) is 23.8. The monoisotopic (exact) mass is 333 g/mol. The number of anilines is 1. The Bertz CT molecular complexity index is 846. The van der Waals surface area contributed by atoms with Gasteiger partial charge in [0.25, 0.3) is 0 Å². The molecule has 128 valence electrons. The maximum Gasteiger partial charge on any atom is 0.319 e. The summed E-state index contributed by atoms with van der Waals surface area (Å²) in [7, 11) is 4.00. The first-order valence-corrected chi connectivity index (χ1v) is 8.38. The third-order valence-corrected chi connectivity index (χ3v) is 4.06. The van der Waals surface area contributed by atoms with Gasteiger partial charge in [-0.1, -0.05) is 60.7 Å². The average Bonchev–Trinajstić information content (AvgIpc) is 2.61. The van der Waals surface area contributed by atoms with Crippen LogP contribution in [0.3, 0.4) is 0 Å². The Labute approximate surface area is 148 Å². The highest BCUT2D eigenvalue weighted by Gasteiger charge is 2.15.